The second-order valence-corrected chi connectivity index (χ2v) is 4.82. The summed E-state index contributed by atoms with van der Waals surface area (Å²) in [5.74, 6) is 0.232. The zero-order valence-electron chi connectivity index (χ0n) is 9.77. The lowest BCUT2D eigenvalue weighted by Gasteiger charge is -2.07. The van der Waals surface area contributed by atoms with E-state index in [-0.39, 0.29) is 5.91 Å². The number of nitrogens with zero attached hydrogens (tertiary/aromatic N) is 1. The van der Waals surface area contributed by atoms with Gasteiger partial charge in [-0.3, -0.25) is 4.79 Å². The molecule has 0 saturated carbocycles. The Kier molecular flexibility index (Phi) is 3.62. The van der Waals surface area contributed by atoms with Crippen LogP contribution in [0.3, 0.4) is 0 Å². The smallest absolute Gasteiger partial charge is 0.258 e. The number of aromatic nitrogens is 1. The predicted octanol–water partition coefficient (Wildman–Crippen LogP) is 2.99. The van der Waals surface area contributed by atoms with Crippen LogP contribution in [0.2, 0.25) is 0 Å². The lowest BCUT2D eigenvalue weighted by Crippen LogP contribution is -2.15. The molecule has 0 fully saturated rings. The van der Waals surface area contributed by atoms with Gasteiger partial charge in [0, 0.05) is 16.4 Å². The standard InChI is InChI=1S/C13H12BrN3O/c1-8-2-4-11(15)10(6-8)13(18)17-12-5-3-9(14)7-16-12/h2-7H,15H2,1H3,(H,16,17,18). The first-order valence-corrected chi connectivity index (χ1v) is 6.14. The Hall–Kier alpha value is -1.88. The monoisotopic (exact) mass is 305 g/mol. The molecule has 0 bridgehead atoms. The van der Waals surface area contributed by atoms with Gasteiger partial charge in [-0.05, 0) is 47.1 Å². The van der Waals surface area contributed by atoms with Gasteiger partial charge in [-0.1, -0.05) is 11.6 Å². The first-order chi connectivity index (χ1) is 8.56. The molecule has 92 valence electrons. The van der Waals surface area contributed by atoms with Crippen molar-refractivity contribution in [1.29, 1.82) is 0 Å². The van der Waals surface area contributed by atoms with Crippen LogP contribution >= 0.6 is 15.9 Å². The Morgan fingerprint density at radius 2 is 2.11 bits per heavy atom. The maximum Gasteiger partial charge on any atom is 0.258 e. The molecule has 4 nitrogen and oxygen atoms in total. The third kappa shape index (κ3) is 2.87. The minimum atomic E-state index is -0.258. The van der Waals surface area contributed by atoms with Gasteiger partial charge < -0.3 is 11.1 Å². The molecule has 2 rings (SSSR count). The van der Waals surface area contributed by atoms with Gasteiger partial charge in [0.25, 0.3) is 5.91 Å². The normalized spacial score (nSPS) is 10.1. The molecular weight excluding hydrogens is 294 g/mol. The summed E-state index contributed by atoms with van der Waals surface area (Å²) in [5.41, 5.74) is 7.68. The van der Waals surface area contributed by atoms with Crippen molar-refractivity contribution in [3.05, 3.63) is 52.1 Å². The Morgan fingerprint density at radius 1 is 1.33 bits per heavy atom. The summed E-state index contributed by atoms with van der Waals surface area (Å²) in [4.78, 5) is 16.1. The molecule has 1 amide bonds. The van der Waals surface area contributed by atoms with Gasteiger partial charge in [-0.25, -0.2) is 4.98 Å². The van der Waals surface area contributed by atoms with Gasteiger partial charge >= 0.3 is 0 Å². The Balaban J connectivity index is 2.21. The number of hydrogen-bond acceptors (Lipinski definition) is 3. The topological polar surface area (TPSA) is 68.0 Å². The van der Waals surface area contributed by atoms with Crippen molar-refractivity contribution < 1.29 is 4.79 Å². The molecule has 1 aromatic heterocycles. The van der Waals surface area contributed by atoms with Crippen molar-refractivity contribution in [1.82, 2.24) is 4.98 Å². The fourth-order valence-electron chi connectivity index (χ4n) is 1.50. The summed E-state index contributed by atoms with van der Waals surface area (Å²) in [6, 6.07) is 8.86. The number of rotatable bonds is 2. The fraction of sp³-hybridized carbons (Fsp3) is 0.0769. The van der Waals surface area contributed by atoms with E-state index in [1.54, 1.807) is 24.4 Å². The summed E-state index contributed by atoms with van der Waals surface area (Å²) in [6.07, 6.45) is 1.62. The number of amides is 1. The molecule has 0 radical (unpaired) electrons. The van der Waals surface area contributed by atoms with Crippen LogP contribution in [-0.4, -0.2) is 10.9 Å². The average molecular weight is 306 g/mol. The van der Waals surface area contributed by atoms with E-state index in [4.69, 9.17) is 5.73 Å². The van der Waals surface area contributed by atoms with Gasteiger partial charge in [0.05, 0.1) is 5.56 Å². The summed E-state index contributed by atoms with van der Waals surface area (Å²) in [5, 5.41) is 2.70. The number of benzene rings is 1. The molecule has 0 unspecified atom stereocenters. The number of nitrogens with two attached hydrogens (primary N) is 1. The molecule has 1 heterocycles. The zero-order valence-corrected chi connectivity index (χ0v) is 11.4. The highest BCUT2D eigenvalue weighted by molar-refractivity contribution is 9.10. The minimum Gasteiger partial charge on any atom is -0.398 e. The van der Waals surface area contributed by atoms with Gasteiger partial charge in [0.1, 0.15) is 5.82 Å². The maximum atomic E-state index is 12.0. The lowest BCUT2D eigenvalue weighted by molar-refractivity contribution is 0.102. The second kappa shape index (κ2) is 5.18. The highest BCUT2D eigenvalue weighted by atomic mass is 79.9. The zero-order chi connectivity index (χ0) is 13.1. The minimum absolute atomic E-state index is 0.258. The first-order valence-electron chi connectivity index (χ1n) is 5.35. The molecule has 5 heteroatoms. The average Bonchev–Trinajstić information content (AvgIpc) is 2.35. The Labute approximate surface area is 113 Å². The van der Waals surface area contributed by atoms with E-state index in [1.165, 1.54) is 0 Å². The lowest BCUT2D eigenvalue weighted by atomic mass is 10.1. The van der Waals surface area contributed by atoms with Crippen LogP contribution in [0.15, 0.2) is 41.0 Å². The molecule has 0 saturated heterocycles. The maximum absolute atomic E-state index is 12.0. The molecule has 0 aliphatic heterocycles. The number of aryl methyl sites for hydroxylation is 1. The van der Waals surface area contributed by atoms with Gasteiger partial charge in [0.15, 0.2) is 0 Å². The van der Waals surface area contributed by atoms with Crippen molar-refractivity contribution >= 4 is 33.3 Å². The third-order valence-corrected chi connectivity index (χ3v) is 2.89. The molecule has 2 aromatic rings. The van der Waals surface area contributed by atoms with E-state index < -0.39 is 0 Å². The number of nitrogen functional groups attached to an aromatic ring is 1. The van der Waals surface area contributed by atoms with Crippen molar-refractivity contribution in [2.24, 2.45) is 0 Å². The van der Waals surface area contributed by atoms with Crippen LogP contribution in [0.4, 0.5) is 11.5 Å². The molecule has 0 aliphatic rings. The molecule has 0 atom stereocenters. The van der Waals surface area contributed by atoms with Crippen LogP contribution in [0, 0.1) is 6.92 Å². The van der Waals surface area contributed by atoms with E-state index >= 15 is 0 Å². The van der Waals surface area contributed by atoms with Crippen molar-refractivity contribution in [3.8, 4) is 0 Å². The quantitative estimate of drug-likeness (QED) is 0.838. The number of anilines is 2. The number of hydrogen-bond donors (Lipinski definition) is 2. The Bertz CT molecular complexity index is 581. The van der Waals surface area contributed by atoms with Crippen molar-refractivity contribution in [3.63, 3.8) is 0 Å². The molecule has 0 spiro atoms. The number of halogens is 1. The molecule has 0 aliphatic carbocycles. The number of carbonyl (C=O) groups excluding carboxylic acids is 1. The SMILES string of the molecule is Cc1ccc(N)c(C(=O)Nc2ccc(Br)cn2)c1. The van der Waals surface area contributed by atoms with E-state index in [9.17, 15) is 4.79 Å². The number of pyridine rings is 1. The molecule has 18 heavy (non-hydrogen) atoms. The summed E-state index contributed by atoms with van der Waals surface area (Å²) < 4.78 is 0.857. The predicted molar refractivity (Wildman–Crippen MR) is 75.5 cm³/mol. The third-order valence-electron chi connectivity index (χ3n) is 2.42. The number of nitrogens with one attached hydrogen (secondary N) is 1. The highest BCUT2D eigenvalue weighted by Gasteiger charge is 2.10. The van der Waals surface area contributed by atoms with E-state index in [0.29, 0.717) is 17.1 Å². The second-order valence-electron chi connectivity index (χ2n) is 3.91. The molecule has 3 N–H and O–H groups in total. The van der Waals surface area contributed by atoms with E-state index in [1.807, 2.05) is 19.1 Å². The van der Waals surface area contributed by atoms with Crippen LogP contribution in [0.1, 0.15) is 15.9 Å². The van der Waals surface area contributed by atoms with Crippen LogP contribution in [0.25, 0.3) is 0 Å². The van der Waals surface area contributed by atoms with Gasteiger partial charge in [-0.2, -0.15) is 0 Å². The molecular formula is C13H12BrN3O. The van der Waals surface area contributed by atoms with Crippen LogP contribution in [0.5, 0.6) is 0 Å². The summed E-state index contributed by atoms with van der Waals surface area (Å²) in [6.45, 7) is 1.91. The highest BCUT2D eigenvalue weighted by Crippen LogP contribution is 2.16. The van der Waals surface area contributed by atoms with Crippen molar-refractivity contribution in [2.45, 2.75) is 6.92 Å². The fourth-order valence-corrected chi connectivity index (χ4v) is 1.73. The van der Waals surface area contributed by atoms with E-state index in [0.717, 1.165) is 10.0 Å². The molecule has 1 aromatic carbocycles. The number of carbonyl (C=O) groups is 1. The largest absolute Gasteiger partial charge is 0.398 e. The van der Waals surface area contributed by atoms with Gasteiger partial charge in [-0.15, -0.1) is 0 Å². The van der Waals surface area contributed by atoms with Crippen molar-refractivity contribution in [2.75, 3.05) is 11.1 Å². The van der Waals surface area contributed by atoms with Crippen LogP contribution in [-0.2, 0) is 0 Å². The summed E-state index contributed by atoms with van der Waals surface area (Å²) in [7, 11) is 0. The van der Waals surface area contributed by atoms with Gasteiger partial charge in [0.2, 0.25) is 0 Å². The Morgan fingerprint density at radius 3 is 2.78 bits per heavy atom. The van der Waals surface area contributed by atoms with Crippen LogP contribution < -0.4 is 11.1 Å². The summed E-state index contributed by atoms with van der Waals surface area (Å²) >= 11 is 3.28. The first kappa shape index (κ1) is 12.6. The van der Waals surface area contributed by atoms with E-state index in [2.05, 4.69) is 26.2 Å².